The molecule has 10 nitrogen and oxygen atoms in total. The summed E-state index contributed by atoms with van der Waals surface area (Å²) < 4.78 is 36.0. The second-order valence-electron chi connectivity index (χ2n) is 4.92. The fourth-order valence-corrected chi connectivity index (χ4v) is 4.97. The second kappa shape index (κ2) is 6.80. The number of aromatic nitrogens is 3. The van der Waals surface area contributed by atoms with Crippen molar-refractivity contribution in [3.05, 3.63) is 26.3 Å². The average Bonchev–Trinajstić information content (AvgIpc) is 3.08. The van der Waals surface area contributed by atoms with E-state index in [2.05, 4.69) is 9.84 Å². The maximum atomic E-state index is 12.6. The molecule has 0 saturated carbocycles. The highest BCUT2D eigenvalue weighted by Gasteiger charge is 2.31. The van der Waals surface area contributed by atoms with Gasteiger partial charge in [0.25, 0.3) is 5.91 Å². The Morgan fingerprint density at radius 1 is 1.32 bits per heavy atom. The summed E-state index contributed by atoms with van der Waals surface area (Å²) in [5, 5.41) is 4.97. The number of hydrogen-bond acceptors (Lipinski definition) is 9. The minimum Gasteiger partial charge on any atom is -0.467 e. The predicted molar refractivity (Wildman–Crippen MR) is 87.1 cm³/mol. The summed E-state index contributed by atoms with van der Waals surface area (Å²) in [4.78, 5) is 36.0. The number of nitrogens with zero attached hydrogens (tertiary/aromatic N) is 3. The number of aryl methyl sites for hydroxylation is 1. The van der Waals surface area contributed by atoms with Gasteiger partial charge in [-0.05, 0) is 6.92 Å². The number of carbonyl (C=O) groups is 2. The highest BCUT2D eigenvalue weighted by molar-refractivity contribution is 7.92. The van der Waals surface area contributed by atoms with Crippen molar-refractivity contribution in [2.75, 3.05) is 20.0 Å². The van der Waals surface area contributed by atoms with Crippen LogP contribution in [0.1, 0.15) is 20.0 Å². The molecular formula is C13H15N3O7S2. The van der Waals surface area contributed by atoms with Crippen LogP contribution in [0.25, 0.3) is 0 Å². The summed E-state index contributed by atoms with van der Waals surface area (Å²) in [7, 11) is -0.497. The molecule has 0 radical (unpaired) electrons. The van der Waals surface area contributed by atoms with Crippen molar-refractivity contribution in [2.24, 2.45) is 7.05 Å². The van der Waals surface area contributed by atoms with Crippen LogP contribution in [0.2, 0.25) is 0 Å². The van der Waals surface area contributed by atoms with Crippen LogP contribution in [0, 0.1) is 6.92 Å². The van der Waals surface area contributed by atoms with E-state index >= 15 is 0 Å². The third kappa shape index (κ3) is 3.35. The predicted octanol–water partition coefficient (Wildman–Crippen LogP) is -0.139. The Kier molecular flexibility index (Phi) is 5.13. The summed E-state index contributed by atoms with van der Waals surface area (Å²) >= 11 is 1.04. The summed E-state index contributed by atoms with van der Waals surface area (Å²) in [5.41, 5.74) is -0.990. The molecule has 0 saturated heterocycles. The zero-order valence-electron chi connectivity index (χ0n) is 13.8. The Labute approximate surface area is 146 Å². The van der Waals surface area contributed by atoms with E-state index in [1.54, 1.807) is 0 Å². The molecule has 2 aromatic rings. The molecule has 0 bridgehead atoms. The molecule has 0 spiro atoms. The lowest BCUT2D eigenvalue weighted by atomic mass is 10.3. The third-order valence-corrected chi connectivity index (χ3v) is 6.12. The van der Waals surface area contributed by atoms with Gasteiger partial charge in [-0.2, -0.15) is 0 Å². The van der Waals surface area contributed by atoms with E-state index in [0.717, 1.165) is 23.0 Å². The third-order valence-electron chi connectivity index (χ3n) is 3.31. The fraction of sp³-hybridized carbons (Fsp3) is 0.385. The van der Waals surface area contributed by atoms with Gasteiger partial charge in [0.1, 0.15) is 5.75 Å². The number of esters is 1. The molecule has 0 amide bonds. The SMILES string of the molecule is COC(=O)c1csc(C)c1S(=O)(=O)CC(=O)n1nc(OC)n(C)c1=O. The van der Waals surface area contributed by atoms with Crippen molar-refractivity contribution < 1.29 is 27.5 Å². The normalized spacial score (nSPS) is 11.4. The van der Waals surface area contributed by atoms with E-state index in [9.17, 15) is 22.8 Å². The molecule has 0 atom stereocenters. The molecule has 2 rings (SSSR count). The van der Waals surface area contributed by atoms with Crippen LogP contribution in [-0.4, -0.2) is 54.6 Å². The number of sulfone groups is 1. The maximum Gasteiger partial charge on any atom is 0.355 e. The Hall–Kier alpha value is -2.47. The van der Waals surface area contributed by atoms with Crippen molar-refractivity contribution in [2.45, 2.75) is 11.8 Å². The van der Waals surface area contributed by atoms with Gasteiger partial charge < -0.3 is 9.47 Å². The Bertz CT molecular complexity index is 997. The number of rotatable bonds is 5. The fourth-order valence-electron chi connectivity index (χ4n) is 2.14. The first-order valence-electron chi connectivity index (χ1n) is 6.76. The number of methoxy groups -OCH3 is 2. The van der Waals surface area contributed by atoms with Gasteiger partial charge in [0, 0.05) is 17.3 Å². The van der Waals surface area contributed by atoms with E-state index in [4.69, 9.17) is 4.74 Å². The quantitative estimate of drug-likeness (QED) is 0.647. The van der Waals surface area contributed by atoms with E-state index in [1.807, 2.05) is 0 Å². The van der Waals surface area contributed by atoms with Crippen LogP contribution >= 0.6 is 11.3 Å². The molecule has 136 valence electrons. The summed E-state index contributed by atoms with van der Waals surface area (Å²) in [5.74, 6) is -2.92. The van der Waals surface area contributed by atoms with Crippen LogP contribution in [-0.2, 0) is 21.6 Å². The van der Waals surface area contributed by atoms with E-state index < -0.39 is 33.2 Å². The van der Waals surface area contributed by atoms with Gasteiger partial charge in [-0.3, -0.25) is 4.79 Å². The van der Waals surface area contributed by atoms with Crippen LogP contribution < -0.4 is 10.4 Å². The minimum absolute atomic E-state index is 0.141. The van der Waals surface area contributed by atoms with Crippen molar-refractivity contribution in [1.82, 2.24) is 14.3 Å². The Balaban J connectivity index is 2.44. The van der Waals surface area contributed by atoms with Gasteiger partial charge in [-0.15, -0.1) is 21.1 Å². The molecular weight excluding hydrogens is 374 g/mol. The van der Waals surface area contributed by atoms with Crippen LogP contribution in [0.15, 0.2) is 15.1 Å². The highest BCUT2D eigenvalue weighted by Crippen LogP contribution is 2.28. The zero-order chi connectivity index (χ0) is 18.9. The molecule has 0 aromatic carbocycles. The lowest BCUT2D eigenvalue weighted by Gasteiger charge is -2.06. The van der Waals surface area contributed by atoms with Gasteiger partial charge in [-0.25, -0.2) is 22.6 Å². The largest absolute Gasteiger partial charge is 0.467 e. The summed E-state index contributed by atoms with van der Waals surface area (Å²) in [6, 6.07) is -0.141. The van der Waals surface area contributed by atoms with Gasteiger partial charge in [-0.1, -0.05) is 0 Å². The van der Waals surface area contributed by atoms with E-state index in [0.29, 0.717) is 9.56 Å². The van der Waals surface area contributed by atoms with Gasteiger partial charge in [0.2, 0.25) is 0 Å². The van der Waals surface area contributed by atoms with Crippen LogP contribution in [0.5, 0.6) is 6.01 Å². The highest BCUT2D eigenvalue weighted by atomic mass is 32.2. The number of carbonyl (C=O) groups excluding carboxylic acids is 2. The van der Waals surface area contributed by atoms with Crippen molar-refractivity contribution in [3.63, 3.8) is 0 Å². The first kappa shape index (κ1) is 18.9. The zero-order valence-corrected chi connectivity index (χ0v) is 15.4. The average molecular weight is 389 g/mol. The monoisotopic (exact) mass is 389 g/mol. The molecule has 0 aliphatic carbocycles. The van der Waals surface area contributed by atoms with Gasteiger partial charge in [0.05, 0.1) is 24.7 Å². The minimum atomic E-state index is -4.20. The lowest BCUT2D eigenvalue weighted by Crippen LogP contribution is -2.33. The van der Waals surface area contributed by atoms with E-state index in [-0.39, 0.29) is 16.5 Å². The molecule has 0 aliphatic rings. The summed E-state index contributed by atoms with van der Waals surface area (Å²) in [6.45, 7) is 1.50. The molecule has 0 unspecified atom stereocenters. The molecule has 25 heavy (non-hydrogen) atoms. The lowest BCUT2D eigenvalue weighted by molar-refractivity contribution is 0.0596. The Morgan fingerprint density at radius 2 is 1.96 bits per heavy atom. The first-order chi connectivity index (χ1) is 11.6. The standard InChI is InChI=1S/C13H15N3O7S2/c1-7-10(8(5-24-7)11(18)22-3)25(20,21)6-9(17)16-13(19)15(2)12(14-16)23-4/h5H,6H2,1-4H3. The number of thiophene rings is 1. The molecule has 0 aliphatic heterocycles. The maximum absolute atomic E-state index is 12.6. The summed E-state index contributed by atoms with van der Waals surface area (Å²) in [6.07, 6.45) is 0. The first-order valence-corrected chi connectivity index (χ1v) is 9.29. The molecule has 0 fully saturated rings. The molecule has 2 heterocycles. The van der Waals surface area contributed by atoms with Gasteiger partial charge >= 0.3 is 17.7 Å². The second-order valence-corrected chi connectivity index (χ2v) is 7.93. The van der Waals surface area contributed by atoms with Crippen molar-refractivity contribution in [3.8, 4) is 6.01 Å². The number of ether oxygens (including phenoxy) is 2. The van der Waals surface area contributed by atoms with Gasteiger partial charge in [0.15, 0.2) is 9.84 Å². The Morgan fingerprint density at radius 3 is 2.48 bits per heavy atom. The van der Waals surface area contributed by atoms with E-state index in [1.165, 1.54) is 26.5 Å². The van der Waals surface area contributed by atoms with Crippen LogP contribution in [0.4, 0.5) is 0 Å². The van der Waals surface area contributed by atoms with Crippen molar-refractivity contribution >= 4 is 33.1 Å². The topological polar surface area (TPSA) is 127 Å². The van der Waals surface area contributed by atoms with Crippen molar-refractivity contribution in [1.29, 1.82) is 0 Å². The molecule has 2 aromatic heterocycles. The van der Waals surface area contributed by atoms with Crippen LogP contribution in [0.3, 0.4) is 0 Å². The molecule has 12 heteroatoms. The number of hydrogen-bond donors (Lipinski definition) is 0. The molecule has 0 N–H and O–H groups in total. The smallest absolute Gasteiger partial charge is 0.355 e.